The van der Waals surface area contributed by atoms with E-state index in [1.807, 2.05) is 37.3 Å². The number of hydrogen-bond donors (Lipinski definition) is 1. The lowest BCUT2D eigenvalue weighted by atomic mass is 10.1. The van der Waals surface area contributed by atoms with E-state index in [4.69, 9.17) is 23.2 Å². The molecule has 0 aliphatic carbocycles. The molecular formula is C26H19Cl2N3O2S. The van der Waals surface area contributed by atoms with Gasteiger partial charge in [-0.3, -0.25) is 14.5 Å². The Kier molecular flexibility index (Phi) is 7.28. The van der Waals surface area contributed by atoms with Crippen molar-refractivity contribution < 1.29 is 9.59 Å². The van der Waals surface area contributed by atoms with Crippen LogP contribution < -0.4 is 10.2 Å². The number of carbonyl (C=O) groups is 2. The second kappa shape index (κ2) is 10.4. The van der Waals surface area contributed by atoms with Gasteiger partial charge in [-0.05, 0) is 66.9 Å². The summed E-state index contributed by atoms with van der Waals surface area (Å²) in [5, 5.41) is 13.6. The molecule has 1 heterocycles. The summed E-state index contributed by atoms with van der Waals surface area (Å²) in [6.45, 7) is 1.91. The second-order valence-electron chi connectivity index (χ2n) is 7.66. The molecule has 2 amide bonds. The topological polar surface area (TPSA) is 73.2 Å². The van der Waals surface area contributed by atoms with Gasteiger partial charge in [0.2, 0.25) is 5.91 Å². The summed E-state index contributed by atoms with van der Waals surface area (Å²) < 4.78 is 0. The van der Waals surface area contributed by atoms with E-state index < -0.39 is 11.2 Å². The molecule has 0 radical (unpaired) electrons. The maximum Gasteiger partial charge on any atom is 0.269 e. The van der Waals surface area contributed by atoms with Gasteiger partial charge in [0.15, 0.2) is 0 Å². The first-order chi connectivity index (χ1) is 16.4. The van der Waals surface area contributed by atoms with Gasteiger partial charge in [-0.1, -0.05) is 65.3 Å². The zero-order valence-corrected chi connectivity index (χ0v) is 20.4. The number of amides is 2. The van der Waals surface area contributed by atoms with Crippen molar-refractivity contribution in [2.45, 2.75) is 18.6 Å². The molecular weight excluding hydrogens is 489 g/mol. The molecule has 170 valence electrons. The molecule has 1 unspecified atom stereocenters. The fourth-order valence-corrected chi connectivity index (χ4v) is 5.14. The number of anilines is 2. The maximum atomic E-state index is 13.5. The van der Waals surface area contributed by atoms with Gasteiger partial charge in [-0.2, -0.15) is 5.26 Å². The van der Waals surface area contributed by atoms with Gasteiger partial charge >= 0.3 is 0 Å². The highest BCUT2D eigenvalue weighted by molar-refractivity contribution is 8.05. The summed E-state index contributed by atoms with van der Waals surface area (Å²) in [7, 11) is 0. The largest absolute Gasteiger partial charge is 0.321 e. The first-order valence-corrected chi connectivity index (χ1v) is 12.0. The van der Waals surface area contributed by atoms with Crippen molar-refractivity contribution in [2.24, 2.45) is 0 Å². The van der Waals surface area contributed by atoms with Crippen LogP contribution in [0.15, 0.2) is 83.4 Å². The quantitative estimate of drug-likeness (QED) is 0.321. The lowest BCUT2D eigenvalue weighted by molar-refractivity contribution is -0.117. The van der Waals surface area contributed by atoms with Crippen LogP contribution >= 0.6 is 35.0 Å². The van der Waals surface area contributed by atoms with Crippen LogP contribution in [0.4, 0.5) is 11.4 Å². The molecule has 0 saturated carbocycles. The van der Waals surface area contributed by atoms with Crippen LogP contribution in [0.5, 0.6) is 0 Å². The summed E-state index contributed by atoms with van der Waals surface area (Å²) in [5.74, 6) is -0.796. The predicted octanol–water partition coefficient (Wildman–Crippen LogP) is 6.37. The smallest absolute Gasteiger partial charge is 0.269 e. The minimum Gasteiger partial charge on any atom is -0.321 e. The molecule has 0 spiro atoms. The number of aryl methyl sites for hydroxylation is 1. The Labute approximate surface area is 212 Å². The Hall–Kier alpha value is -3.24. The van der Waals surface area contributed by atoms with Gasteiger partial charge in [0.1, 0.15) is 16.7 Å². The number of para-hydroxylation sites is 1. The Morgan fingerprint density at radius 2 is 1.79 bits per heavy atom. The summed E-state index contributed by atoms with van der Waals surface area (Å²) in [6.07, 6.45) is 0.411. The molecule has 34 heavy (non-hydrogen) atoms. The molecule has 1 saturated heterocycles. The number of benzene rings is 3. The van der Waals surface area contributed by atoms with Crippen LogP contribution in [0, 0.1) is 18.3 Å². The third kappa shape index (κ3) is 5.13. The minimum atomic E-state index is -0.597. The zero-order chi connectivity index (χ0) is 24.2. The summed E-state index contributed by atoms with van der Waals surface area (Å²) in [4.78, 5) is 28.0. The molecule has 5 nitrogen and oxygen atoms in total. The number of thioether (sulfide) groups is 1. The first kappa shape index (κ1) is 23.9. The number of hydrogen-bond acceptors (Lipinski definition) is 4. The molecule has 3 aromatic rings. The van der Waals surface area contributed by atoms with Gasteiger partial charge in [-0.25, -0.2) is 0 Å². The van der Waals surface area contributed by atoms with Crippen LogP contribution in [0.1, 0.15) is 11.1 Å². The van der Waals surface area contributed by atoms with Crippen LogP contribution in [0.3, 0.4) is 0 Å². The Bertz CT molecular complexity index is 1320. The summed E-state index contributed by atoms with van der Waals surface area (Å²) in [5.41, 5.74) is 2.80. The summed E-state index contributed by atoms with van der Waals surface area (Å²) >= 11 is 13.4. The molecule has 0 bridgehead atoms. The molecule has 0 aromatic heterocycles. The van der Waals surface area contributed by atoms with Gasteiger partial charge in [0.25, 0.3) is 5.91 Å². The van der Waals surface area contributed by atoms with Gasteiger partial charge in [0, 0.05) is 21.4 Å². The number of rotatable bonds is 5. The van der Waals surface area contributed by atoms with E-state index in [1.54, 1.807) is 48.5 Å². The van der Waals surface area contributed by atoms with Crippen molar-refractivity contribution >= 4 is 58.2 Å². The number of nitriles is 1. The first-order valence-electron chi connectivity index (χ1n) is 10.4. The molecule has 4 rings (SSSR count). The van der Waals surface area contributed by atoms with Gasteiger partial charge < -0.3 is 5.32 Å². The van der Waals surface area contributed by atoms with Gasteiger partial charge in [0.05, 0.1) is 5.25 Å². The van der Waals surface area contributed by atoms with Crippen molar-refractivity contribution in [2.75, 3.05) is 10.2 Å². The third-order valence-electron chi connectivity index (χ3n) is 5.28. The standard InChI is InChI=1S/C26H19Cl2N3O2S/c1-16-7-8-17(13-22(16)28)14-23-25(33)31(20-5-3-2-4-6-20)26(34-23)21(15-29)24(32)30-19-11-9-18(27)10-12-19/h2-13,23H,14H2,1H3,(H,30,32)/b26-21-. The highest BCUT2D eigenvalue weighted by Gasteiger charge is 2.40. The van der Waals surface area contributed by atoms with Crippen molar-refractivity contribution in [3.8, 4) is 6.07 Å². The van der Waals surface area contributed by atoms with E-state index in [1.165, 1.54) is 16.7 Å². The lowest BCUT2D eigenvalue weighted by Gasteiger charge is -2.18. The van der Waals surface area contributed by atoms with Crippen LogP contribution in [-0.2, 0) is 16.0 Å². The number of nitrogens with zero attached hydrogens (tertiary/aromatic N) is 2. The average molecular weight is 508 g/mol. The number of carbonyl (C=O) groups excluding carboxylic acids is 2. The highest BCUT2D eigenvalue weighted by Crippen LogP contribution is 2.42. The normalized spacial score (nSPS) is 16.8. The number of nitrogens with one attached hydrogen (secondary N) is 1. The fourth-order valence-electron chi connectivity index (χ4n) is 3.50. The van der Waals surface area contributed by atoms with Crippen LogP contribution in [0.25, 0.3) is 0 Å². The molecule has 1 N–H and O–H groups in total. The zero-order valence-electron chi connectivity index (χ0n) is 18.1. The van der Waals surface area contributed by atoms with Crippen molar-refractivity contribution in [3.63, 3.8) is 0 Å². The molecule has 1 aliphatic rings. The SMILES string of the molecule is Cc1ccc(CC2S/C(=C(/C#N)C(=O)Nc3ccc(Cl)cc3)N(c3ccccc3)C2=O)cc1Cl. The Morgan fingerprint density at radius 3 is 2.44 bits per heavy atom. The predicted molar refractivity (Wildman–Crippen MR) is 138 cm³/mol. The maximum absolute atomic E-state index is 13.5. The number of halogens is 2. The molecule has 1 aliphatic heterocycles. The Balaban J connectivity index is 1.70. The van der Waals surface area contributed by atoms with Crippen molar-refractivity contribution in [1.29, 1.82) is 5.26 Å². The molecule has 1 atom stereocenters. The third-order valence-corrected chi connectivity index (χ3v) is 7.20. The monoisotopic (exact) mass is 507 g/mol. The van der Waals surface area contributed by atoms with E-state index in [0.717, 1.165) is 11.1 Å². The summed E-state index contributed by atoms with van der Waals surface area (Å²) in [6, 6.07) is 23.3. The highest BCUT2D eigenvalue weighted by atomic mass is 35.5. The molecule has 3 aromatic carbocycles. The van der Waals surface area contributed by atoms with Gasteiger partial charge in [-0.15, -0.1) is 0 Å². The van der Waals surface area contributed by atoms with Crippen LogP contribution in [-0.4, -0.2) is 17.1 Å². The Morgan fingerprint density at radius 1 is 1.09 bits per heavy atom. The fraction of sp³-hybridized carbons (Fsp3) is 0.115. The lowest BCUT2D eigenvalue weighted by Crippen LogP contribution is -2.30. The second-order valence-corrected chi connectivity index (χ2v) is 9.69. The van der Waals surface area contributed by atoms with E-state index in [9.17, 15) is 14.9 Å². The van der Waals surface area contributed by atoms with Crippen molar-refractivity contribution in [3.05, 3.63) is 105 Å². The molecule has 1 fully saturated rings. The van der Waals surface area contributed by atoms with E-state index in [2.05, 4.69) is 5.32 Å². The van der Waals surface area contributed by atoms with E-state index in [0.29, 0.717) is 32.9 Å². The minimum absolute atomic E-state index is 0.137. The molecule has 8 heteroatoms. The van der Waals surface area contributed by atoms with Crippen molar-refractivity contribution in [1.82, 2.24) is 0 Å². The van der Waals surface area contributed by atoms with E-state index >= 15 is 0 Å². The van der Waals surface area contributed by atoms with Crippen LogP contribution in [0.2, 0.25) is 10.0 Å². The average Bonchev–Trinajstić information content (AvgIpc) is 3.14. The van der Waals surface area contributed by atoms with E-state index in [-0.39, 0.29) is 11.5 Å².